The van der Waals surface area contributed by atoms with E-state index in [9.17, 15) is 14.4 Å². The van der Waals surface area contributed by atoms with Crippen molar-refractivity contribution in [3.8, 4) is 0 Å². The summed E-state index contributed by atoms with van der Waals surface area (Å²) in [4.78, 5) is 46.8. The van der Waals surface area contributed by atoms with Crippen molar-refractivity contribution in [1.29, 1.82) is 0 Å². The van der Waals surface area contributed by atoms with Crippen LogP contribution in [0, 0.1) is 18.8 Å². The lowest BCUT2D eigenvalue weighted by Crippen LogP contribution is -2.47. The first-order valence-electron chi connectivity index (χ1n) is 12.8. The maximum absolute atomic E-state index is 13.6. The Kier molecular flexibility index (Phi) is 6.76. The van der Waals surface area contributed by atoms with Gasteiger partial charge < -0.3 is 15.5 Å². The van der Waals surface area contributed by atoms with E-state index in [2.05, 4.69) is 24.3 Å². The first kappa shape index (κ1) is 24.0. The van der Waals surface area contributed by atoms with Crippen molar-refractivity contribution in [3.63, 3.8) is 0 Å². The molecule has 2 fully saturated rings. The molecule has 0 unspecified atom stereocenters. The van der Waals surface area contributed by atoms with Crippen LogP contribution in [0.3, 0.4) is 0 Å². The van der Waals surface area contributed by atoms with E-state index < -0.39 is 0 Å². The number of likely N-dealkylation sites (tertiary alicyclic amines) is 1. The summed E-state index contributed by atoms with van der Waals surface area (Å²) in [5, 5.41) is 0. The van der Waals surface area contributed by atoms with Crippen LogP contribution in [0.15, 0.2) is 53.3 Å². The van der Waals surface area contributed by atoms with Gasteiger partial charge in [-0.15, -0.1) is 0 Å². The SMILES string of the molecule is Cc1ccc(Cn2c(=O)c(N3CCC(C(=O)N4CCC(C(N)=O)CC4)CC3)nc3ccccc32)cc1. The van der Waals surface area contributed by atoms with Crippen LogP contribution in [0.4, 0.5) is 5.82 Å². The van der Waals surface area contributed by atoms with Gasteiger partial charge in [0.25, 0.3) is 5.56 Å². The highest BCUT2D eigenvalue weighted by molar-refractivity contribution is 5.81. The molecular formula is C28H33N5O3. The topological polar surface area (TPSA) is 102 Å². The highest BCUT2D eigenvalue weighted by Crippen LogP contribution is 2.26. The number of aromatic nitrogens is 2. The van der Waals surface area contributed by atoms with Crippen molar-refractivity contribution < 1.29 is 9.59 Å². The molecule has 0 spiro atoms. The van der Waals surface area contributed by atoms with Crippen LogP contribution in [-0.2, 0) is 16.1 Å². The normalized spacial score (nSPS) is 17.5. The molecule has 2 aromatic carbocycles. The maximum Gasteiger partial charge on any atom is 0.294 e. The molecule has 0 bridgehead atoms. The van der Waals surface area contributed by atoms with E-state index >= 15 is 0 Å². The summed E-state index contributed by atoms with van der Waals surface area (Å²) >= 11 is 0. The fourth-order valence-corrected chi connectivity index (χ4v) is 5.40. The summed E-state index contributed by atoms with van der Waals surface area (Å²) in [5.41, 5.74) is 9.17. The molecule has 2 aliphatic heterocycles. The number of nitrogens with two attached hydrogens (primary N) is 1. The Labute approximate surface area is 210 Å². The number of hydrogen-bond acceptors (Lipinski definition) is 5. The van der Waals surface area contributed by atoms with Crippen molar-refractivity contribution in [3.05, 3.63) is 70.0 Å². The molecule has 2 aliphatic rings. The van der Waals surface area contributed by atoms with Gasteiger partial charge in [0.2, 0.25) is 11.8 Å². The van der Waals surface area contributed by atoms with Crippen molar-refractivity contribution in [2.75, 3.05) is 31.1 Å². The monoisotopic (exact) mass is 487 g/mol. The molecule has 0 atom stereocenters. The fourth-order valence-electron chi connectivity index (χ4n) is 5.40. The van der Waals surface area contributed by atoms with E-state index in [4.69, 9.17) is 10.7 Å². The van der Waals surface area contributed by atoms with Crippen LogP contribution in [0.5, 0.6) is 0 Å². The molecule has 2 N–H and O–H groups in total. The van der Waals surface area contributed by atoms with Gasteiger partial charge >= 0.3 is 0 Å². The number of carbonyl (C=O) groups excluding carboxylic acids is 2. The van der Waals surface area contributed by atoms with Crippen LogP contribution in [-0.4, -0.2) is 52.4 Å². The molecule has 5 rings (SSSR count). The van der Waals surface area contributed by atoms with Gasteiger partial charge in [0.05, 0.1) is 17.6 Å². The second-order valence-corrected chi connectivity index (χ2v) is 10.1. The van der Waals surface area contributed by atoms with Gasteiger partial charge in [0, 0.05) is 38.0 Å². The zero-order chi connectivity index (χ0) is 25.2. The Balaban J connectivity index is 1.32. The molecule has 36 heavy (non-hydrogen) atoms. The van der Waals surface area contributed by atoms with E-state index in [0.29, 0.717) is 64.2 Å². The number of benzene rings is 2. The summed E-state index contributed by atoms with van der Waals surface area (Å²) in [6, 6.07) is 16.0. The predicted octanol–water partition coefficient (Wildman–Crippen LogP) is 2.69. The predicted molar refractivity (Wildman–Crippen MR) is 140 cm³/mol. The van der Waals surface area contributed by atoms with Gasteiger partial charge in [0.1, 0.15) is 0 Å². The van der Waals surface area contributed by atoms with Gasteiger partial charge in [-0.3, -0.25) is 19.0 Å². The summed E-state index contributed by atoms with van der Waals surface area (Å²) in [5.74, 6) is 0.139. The second kappa shape index (κ2) is 10.1. The Morgan fingerprint density at radius 2 is 1.56 bits per heavy atom. The van der Waals surface area contributed by atoms with Crippen molar-refractivity contribution >= 4 is 28.7 Å². The molecule has 188 valence electrons. The minimum Gasteiger partial charge on any atom is -0.369 e. The molecule has 1 aromatic heterocycles. The molecule has 0 radical (unpaired) electrons. The Hall–Kier alpha value is -3.68. The average Bonchev–Trinajstić information content (AvgIpc) is 2.91. The van der Waals surface area contributed by atoms with Crippen LogP contribution >= 0.6 is 0 Å². The zero-order valence-corrected chi connectivity index (χ0v) is 20.7. The smallest absolute Gasteiger partial charge is 0.294 e. The van der Waals surface area contributed by atoms with Gasteiger partial charge in [-0.05, 0) is 50.3 Å². The molecule has 8 nitrogen and oxygen atoms in total. The highest BCUT2D eigenvalue weighted by Gasteiger charge is 2.33. The lowest BCUT2D eigenvalue weighted by Gasteiger charge is -2.37. The Bertz CT molecular complexity index is 1320. The number of amides is 2. The number of piperidine rings is 2. The molecular weight excluding hydrogens is 454 g/mol. The molecule has 3 aromatic rings. The summed E-state index contributed by atoms with van der Waals surface area (Å²) in [6.07, 6.45) is 2.64. The van der Waals surface area contributed by atoms with E-state index in [1.54, 1.807) is 0 Å². The van der Waals surface area contributed by atoms with E-state index in [-0.39, 0.29) is 29.2 Å². The van der Waals surface area contributed by atoms with Gasteiger partial charge in [-0.2, -0.15) is 0 Å². The third-order valence-electron chi connectivity index (χ3n) is 7.65. The maximum atomic E-state index is 13.6. The van der Waals surface area contributed by atoms with E-state index in [0.717, 1.165) is 16.6 Å². The van der Waals surface area contributed by atoms with Crippen LogP contribution in [0.2, 0.25) is 0 Å². The fraction of sp³-hybridized carbons (Fsp3) is 0.429. The van der Waals surface area contributed by atoms with Gasteiger partial charge in [-0.25, -0.2) is 4.98 Å². The quantitative estimate of drug-likeness (QED) is 0.596. The summed E-state index contributed by atoms with van der Waals surface area (Å²) < 4.78 is 1.81. The third kappa shape index (κ3) is 4.85. The molecule has 2 saturated heterocycles. The number of carbonyl (C=O) groups is 2. The Morgan fingerprint density at radius 1 is 0.917 bits per heavy atom. The van der Waals surface area contributed by atoms with E-state index in [1.807, 2.05) is 45.6 Å². The van der Waals surface area contributed by atoms with E-state index in [1.165, 1.54) is 5.56 Å². The highest BCUT2D eigenvalue weighted by atomic mass is 16.2. The minimum absolute atomic E-state index is 0.0679. The lowest BCUT2D eigenvalue weighted by atomic mass is 9.92. The second-order valence-electron chi connectivity index (χ2n) is 10.1. The third-order valence-corrected chi connectivity index (χ3v) is 7.65. The van der Waals surface area contributed by atoms with Gasteiger partial charge in [-0.1, -0.05) is 42.0 Å². The number of hydrogen-bond donors (Lipinski definition) is 1. The summed E-state index contributed by atoms with van der Waals surface area (Å²) in [7, 11) is 0. The Morgan fingerprint density at radius 3 is 2.22 bits per heavy atom. The number of aryl methyl sites for hydroxylation is 1. The standard InChI is InChI=1S/C28H33N5O3/c1-19-6-8-20(9-7-19)18-33-24-5-3-2-4-23(24)30-26(28(33)36)31-14-12-22(13-15-31)27(35)32-16-10-21(11-17-32)25(29)34/h2-9,21-22H,10-18H2,1H3,(H2,29,34). The van der Waals surface area contributed by atoms with Crippen LogP contribution < -0.4 is 16.2 Å². The molecule has 8 heteroatoms. The first-order chi connectivity index (χ1) is 17.4. The van der Waals surface area contributed by atoms with Crippen molar-refractivity contribution in [2.24, 2.45) is 17.6 Å². The number of rotatable bonds is 5. The number of primary amides is 1. The molecule has 3 heterocycles. The lowest BCUT2D eigenvalue weighted by molar-refractivity contribution is -0.139. The number of nitrogens with zero attached hydrogens (tertiary/aromatic N) is 4. The van der Waals surface area contributed by atoms with Gasteiger partial charge in [0.15, 0.2) is 5.82 Å². The largest absolute Gasteiger partial charge is 0.369 e. The van der Waals surface area contributed by atoms with Crippen LogP contribution in [0.1, 0.15) is 36.8 Å². The van der Waals surface area contributed by atoms with Crippen molar-refractivity contribution in [1.82, 2.24) is 14.5 Å². The van der Waals surface area contributed by atoms with Crippen molar-refractivity contribution in [2.45, 2.75) is 39.2 Å². The van der Waals surface area contributed by atoms with Crippen LogP contribution in [0.25, 0.3) is 11.0 Å². The minimum atomic E-state index is -0.272. The summed E-state index contributed by atoms with van der Waals surface area (Å²) in [6.45, 7) is 4.92. The zero-order valence-electron chi connectivity index (χ0n) is 20.7. The molecule has 0 aliphatic carbocycles. The number of anilines is 1. The molecule has 2 amide bonds. The molecule has 0 saturated carbocycles. The number of fused-ring (bicyclic) bond motifs is 1. The first-order valence-corrected chi connectivity index (χ1v) is 12.8. The number of para-hydroxylation sites is 2. The average molecular weight is 488 g/mol.